The van der Waals surface area contributed by atoms with Crippen LogP contribution in [0.15, 0.2) is 0 Å². The summed E-state index contributed by atoms with van der Waals surface area (Å²) in [6.07, 6.45) is 6.72. The van der Waals surface area contributed by atoms with E-state index >= 15 is 0 Å². The van der Waals surface area contributed by atoms with Crippen molar-refractivity contribution in [2.24, 2.45) is 17.3 Å². The molecular formula is C15H23NO4. The van der Waals surface area contributed by atoms with Crippen LogP contribution >= 0.6 is 0 Å². The smallest absolute Gasteiger partial charge is 0.328 e. The molecule has 1 aliphatic carbocycles. The molecule has 1 N–H and O–H groups in total. The lowest BCUT2D eigenvalue weighted by Crippen LogP contribution is -2.48. The maximum atomic E-state index is 11.1. The number of hydrogen-bond donors (Lipinski definition) is 1. The average molecular weight is 281 g/mol. The lowest BCUT2D eigenvalue weighted by Gasteiger charge is -2.38. The monoisotopic (exact) mass is 281 g/mol. The average Bonchev–Trinajstić information content (AvgIpc) is 2.48. The van der Waals surface area contributed by atoms with E-state index in [9.17, 15) is 4.79 Å². The van der Waals surface area contributed by atoms with Crippen molar-refractivity contribution in [3.8, 4) is 6.07 Å². The second-order valence-electron chi connectivity index (χ2n) is 6.06. The van der Waals surface area contributed by atoms with Gasteiger partial charge in [0.05, 0.1) is 19.3 Å². The Labute approximate surface area is 119 Å². The minimum atomic E-state index is -1.53. The molecule has 0 aromatic heterocycles. The molecule has 1 aliphatic heterocycles. The number of carbonyl (C=O) groups is 1. The Bertz CT molecular complexity index is 374. The highest BCUT2D eigenvalue weighted by Crippen LogP contribution is 2.37. The number of carboxylic acids is 1. The van der Waals surface area contributed by atoms with Gasteiger partial charge in [-0.3, -0.25) is 4.79 Å². The Morgan fingerprint density at radius 1 is 1.30 bits per heavy atom. The molecule has 2 fully saturated rings. The first kappa shape index (κ1) is 15.3. The molecule has 20 heavy (non-hydrogen) atoms. The van der Waals surface area contributed by atoms with Crippen LogP contribution in [0.25, 0.3) is 0 Å². The van der Waals surface area contributed by atoms with Crippen LogP contribution in [0.5, 0.6) is 0 Å². The predicted octanol–water partition coefficient (Wildman–Crippen LogP) is 2.56. The number of rotatable bonds is 4. The first-order valence-corrected chi connectivity index (χ1v) is 7.49. The fourth-order valence-corrected chi connectivity index (χ4v) is 3.20. The molecule has 112 valence electrons. The van der Waals surface area contributed by atoms with Crippen LogP contribution in [0.2, 0.25) is 0 Å². The second kappa shape index (κ2) is 6.55. The summed E-state index contributed by atoms with van der Waals surface area (Å²) >= 11 is 0. The van der Waals surface area contributed by atoms with Crippen LogP contribution in [-0.2, 0) is 14.3 Å². The maximum Gasteiger partial charge on any atom is 0.328 e. The molecule has 0 radical (unpaired) electrons. The highest BCUT2D eigenvalue weighted by Gasteiger charge is 2.46. The van der Waals surface area contributed by atoms with Gasteiger partial charge in [0.25, 0.3) is 0 Å². The van der Waals surface area contributed by atoms with Crippen molar-refractivity contribution < 1.29 is 19.4 Å². The Hall–Kier alpha value is -1.12. The Morgan fingerprint density at radius 3 is 2.35 bits per heavy atom. The first-order valence-electron chi connectivity index (χ1n) is 7.49. The number of hydrogen-bond acceptors (Lipinski definition) is 4. The topological polar surface area (TPSA) is 79.5 Å². The number of nitriles is 1. The van der Waals surface area contributed by atoms with Crippen LogP contribution in [0.1, 0.15) is 45.4 Å². The zero-order valence-electron chi connectivity index (χ0n) is 12.0. The molecule has 2 aliphatic rings. The van der Waals surface area contributed by atoms with Crippen LogP contribution < -0.4 is 0 Å². The molecule has 1 saturated carbocycles. The third kappa shape index (κ3) is 3.13. The standard InChI is InChI=1S/C15H23NO4/c1-2-3-11-4-6-12(7-5-11)13-19-9-15(8-16,10-20-13)14(17)18/h11-13H,2-7,9-10H2,1H3,(H,17,18). The molecule has 0 bridgehead atoms. The quantitative estimate of drug-likeness (QED) is 0.856. The molecular weight excluding hydrogens is 258 g/mol. The zero-order valence-corrected chi connectivity index (χ0v) is 12.0. The van der Waals surface area contributed by atoms with Gasteiger partial charge in [-0.15, -0.1) is 0 Å². The Morgan fingerprint density at radius 2 is 1.90 bits per heavy atom. The van der Waals surface area contributed by atoms with E-state index in [4.69, 9.17) is 19.8 Å². The molecule has 1 heterocycles. The zero-order chi connectivity index (χ0) is 14.6. The lowest BCUT2D eigenvalue weighted by molar-refractivity contribution is -0.244. The highest BCUT2D eigenvalue weighted by atomic mass is 16.7. The van der Waals surface area contributed by atoms with Crippen molar-refractivity contribution in [2.45, 2.75) is 51.7 Å². The molecule has 2 rings (SSSR count). The van der Waals surface area contributed by atoms with Gasteiger partial charge in [-0.05, 0) is 31.6 Å². The second-order valence-corrected chi connectivity index (χ2v) is 6.06. The van der Waals surface area contributed by atoms with Crippen molar-refractivity contribution in [3.63, 3.8) is 0 Å². The largest absolute Gasteiger partial charge is 0.480 e. The molecule has 0 unspecified atom stereocenters. The summed E-state index contributed by atoms with van der Waals surface area (Å²) in [4.78, 5) is 11.1. The SMILES string of the molecule is CCCC1CCC(C2OCC(C#N)(C(=O)O)CO2)CC1. The van der Waals surface area contributed by atoms with E-state index in [0.717, 1.165) is 18.8 Å². The van der Waals surface area contributed by atoms with Gasteiger partial charge in [0, 0.05) is 5.92 Å². The third-order valence-corrected chi connectivity index (χ3v) is 4.58. The Kier molecular flexibility index (Phi) is 5.00. The van der Waals surface area contributed by atoms with E-state index < -0.39 is 11.4 Å². The van der Waals surface area contributed by atoms with E-state index in [0.29, 0.717) is 5.92 Å². The fourth-order valence-electron chi connectivity index (χ4n) is 3.20. The normalized spacial score (nSPS) is 38.1. The maximum absolute atomic E-state index is 11.1. The highest BCUT2D eigenvalue weighted by molar-refractivity contribution is 5.78. The van der Waals surface area contributed by atoms with E-state index in [1.54, 1.807) is 0 Å². The minimum Gasteiger partial charge on any atom is -0.480 e. The van der Waals surface area contributed by atoms with Crippen molar-refractivity contribution in [2.75, 3.05) is 13.2 Å². The number of aliphatic carboxylic acids is 1. The number of carboxylic acid groups (broad SMARTS) is 1. The number of nitrogens with zero attached hydrogens (tertiary/aromatic N) is 1. The van der Waals surface area contributed by atoms with Crippen LogP contribution in [0.4, 0.5) is 0 Å². The molecule has 0 aromatic carbocycles. The summed E-state index contributed by atoms with van der Waals surface area (Å²) in [5.74, 6) is -0.00393. The predicted molar refractivity (Wildman–Crippen MR) is 71.7 cm³/mol. The summed E-state index contributed by atoms with van der Waals surface area (Å²) in [5.41, 5.74) is -1.53. The van der Waals surface area contributed by atoms with Crippen molar-refractivity contribution in [1.29, 1.82) is 5.26 Å². The van der Waals surface area contributed by atoms with Gasteiger partial charge in [-0.1, -0.05) is 19.8 Å². The molecule has 0 amide bonds. The van der Waals surface area contributed by atoms with Crippen LogP contribution in [0, 0.1) is 28.6 Å². The van der Waals surface area contributed by atoms with E-state index in [2.05, 4.69) is 6.92 Å². The van der Waals surface area contributed by atoms with E-state index in [-0.39, 0.29) is 19.5 Å². The third-order valence-electron chi connectivity index (χ3n) is 4.58. The lowest BCUT2D eigenvalue weighted by atomic mass is 9.79. The molecule has 5 nitrogen and oxygen atoms in total. The summed E-state index contributed by atoms with van der Waals surface area (Å²) in [5, 5.41) is 18.1. The summed E-state index contributed by atoms with van der Waals surface area (Å²) in [6.45, 7) is 2.07. The number of ether oxygens (including phenoxy) is 2. The summed E-state index contributed by atoms with van der Waals surface area (Å²) < 4.78 is 11.1. The van der Waals surface area contributed by atoms with Crippen LogP contribution in [0.3, 0.4) is 0 Å². The van der Waals surface area contributed by atoms with Gasteiger partial charge in [-0.25, -0.2) is 0 Å². The first-order chi connectivity index (χ1) is 9.61. The van der Waals surface area contributed by atoms with Crippen LogP contribution in [-0.4, -0.2) is 30.6 Å². The van der Waals surface area contributed by atoms with Crippen molar-refractivity contribution in [3.05, 3.63) is 0 Å². The van der Waals surface area contributed by atoms with E-state index in [1.807, 2.05) is 6.07 Å². The van der Waals surface area contributed by atoms with E-state index in [1.165, 1.54) is 25.7 Å². The fraction of sp³-hybridized carbons (Fsp3) is 0.867. The minimum absolute atomic E-state index is 0.0710. The van der Waals surface area contributed by atoms with Crippen molar-refractivity contribution >= 4 is 5.97 Å². The summed E-state index contributed by atoms with van der Waals surface area (Å²) in [7, 11) is 0. The van der Waals surface area contributed by atoms with Gasteiger partial charge in [-0.2, -0.15) is 5.26 Å². The molecule has 1 saturated heterocycles. The van der Waals surface area contributed by atoms with Gasteiger partial charge in [0.2, 0.25) is 5.41 Å². The van der Waals surface area contributed by atoms with Crippen molar-refractivity contribution in [1.82, 2.24) is 0 Å². The van der Waals surface area contributed by atoms with Gasteiger partial charge in [0.15, 0.2) is 6.29 Å². The van der Waals surface area contributed by atoms with Gasteiger partial charge in [0.1, 0.15) is 0 Å². The van der Waals surface area contributed by atoms with Gasteiger partial charge < -0.3 is 14.6 Å². The summed E-state index contributed by atoms with van der Waals surface area (Å²) in [6, 6.07) is 1.81. The molecule has 0 spiro atoms. The molecule has 5 heteroatoms. The van der Waals surface area contributed by atoms with Gasteiger partial charge >= 0.3 is 5.97 Å². The molecule has 0 aromatic rings. The molecule has 0 atom stereocenters. The Balaban J connectivity index is 1.83.